The number of carbonyl (C=O) groups is 1. The third kappa shape index (κ3) is 4.61. The van der Waals surface area contributed by atoms with Crippen LogP contribution in [0.15, 0.2) is 36.7 Å². The Balaban J connectivity index is 1.37. The van der Waals surface area contributed by atoms with Gasteiger partial charge in [0.2, 0.25) is 0 Å². The van der Waals surface area contributed by atoms with Gasteiger partial charge in [-0.05, 0) is 55.3 Å². The maximum atomic E-state index is 12.9. The molecule has 2 saturated heterocycles. The Kier molecular flexibility index (Phi) is 5.93. The van der Waals surface area contributed by atoms with E-state index >= 15 is 0 Å². The number of amides is 1. The summed E-state index contributed by atoms with van der Waals surface area (Å²) in [4.78, 5) is 19.7. The zero-order chi connectivity index (χ0) is 21.0. The van der Waals surface area contributed by atoms with Crippen molar-refractivity contribution in [2.24, 2.45) is 0 Å². The molecule has 8 nitrogen and oxygen atoms in total. The normalized spacial score (nSPS) is 18.3. The highest BCUT2D eigenvalue weighted by molar-refractivity contribution is 6.05. The van der Waals surface area contributed by atoms with Crippen molar-refractivity contribution in [3.05, 3.63) is 47.9 Å². The van der Waals surface area contributed by atoms with Crippen LogP contribution in [0.5, 0.6) is 0 Å². The van der Waals surface area contributed by atoms with Crippen LogP contribution in [0.2, 0.25) is 0 Å². The lowest BCUT2D eigenvalue weighted by Gasteiger charge is -2.26. The Hall–Kier alpha value is -2.81. The molecule has 162 valence electrons. The van der Waals surface area contributed by atoms with Gasteiger partial charge in [0.25, 0.3) is 5.91 Å². The highest BCUT2D eigenvalue weighted by Gasteiger charge is 2.20. The van der Waals surface area contributed by atoms with Crippen molar-refractivity contribution < 1.29 is 9.53 Å². The highest BCUT2D eigenvalue weighted by Crippen LogP contribution is 2.26. The fraction of sp³-hybridized carbons (Fsp3) is 0.435. The standard InChI is InChI=1S/C23H28N6O2/c30-23(26-19-3-5-24-6-4-19)22-20-12-17(1-2-21(20)27-28-22)18-11-16(13-25-14-18)15-29-7-9-31-10-8-29/h1-2,11-14,19,24H,3-10,15H2,(H,26,30)(H,27,28). The van der Waals surface area contributed by atoms with Crippen LogP contribution in [0, 0.1) is 0 Å². The first-order valence-electron chi connectivity index (χ1n) is 11.0. The minimum atomic E-state index is -0.116. The van der Waals surface area contributed by atoms with Gasteiger partial charge >= 0.3 is 0 Å². The van der Waals surface area contributed by atoms with Crippen LogP contribution < -0.4 is 10.6 Å². The lowest BCUT2D eigenvalue weighted by atomic mass is 10.0. The average Bonchev–Trinajstić information content (AvgIpc) is 3.24. The van der Waals surface area contributed by atoms with Gasteiger partial charge in [0.05, 0.1) is 18.7 Å². The van der Waals surface area contributed by atoms with Gasteiger partial charge in [0, 0.05) is 49.0 Å². The number of hydrogen-bond acceptors (Lipinski definition) is 6. The molecule has 4 heterocycles. The summed E-state index contributed by atoms with van der Waals surface area (Å²) >= 11 is 0. The monoisotopic (exact) mass is 420 g/mol. The highest BCUT2D eigenvalue weighted by atomic mass is 16.5. The second-order valence-electron chi connectivity index (χ2n) is 8.30. The predicted octanol–water partition coefficient (Wildman–Crippen LogP) is 1.94. The van der Waals surface area contributed by atoms with Gasteiger partial charge in [0.1, 0.15) is 0 Å². The third-order valence-electron chi connectivity index (χ3n) is 6.09. The lowest BCUT2D eigenvalue weighted by Crippen LogP contribution is -2.42. The van der Waals surface area contributed by atoms with E-state index in [1.54, 1.807) is 0 Å². The smallest absolute Gasteiger partial charge is 0.272 e. The summed E-state index contributed by atoms with van der Waals surface area (Å²) in [6.07, 6.45) is 5.69. The molecule has 0 saturated carbocycles. The van der Waals surface area contributed by atoms with Crippen LogP contribution >= 0.6 is 0 Å². The number of nitrogens with one attached hydrogen (secondary N) is 3. The molecule has 0 radical (unpaired) electrons. The molecule has 0 aliphatic carbocycles. The van der Waals surface area contributed by atoms with Crippen LogP contribution in [-0.2, 0) is 11.3 Å². The van der Waals surface area contributed by atoms with E-state index in [9.17, 15) is 4.79 Å². The van der Waals surface area contributed by atoms with E-state index in [0.717, 1.165) is 80.8 Å². The molecular formula is C23H28N6O2. The third-order valence-corrected chi connectivity index (χ3v) is 6.09. The molecule has 3 N–H and O–H groups in total. The molecule has 2 aliphatic heterocycles. The molecule has 0 spiro atoms. The van der Waals surface area contributed by atoms with E-state index in [1.165, 1.54) is 5.56 Å². The minimum absolute atomic E-state index is 0.116. The van der Waals surface area contributed by atoms with Crippen molar-refractivity contribution in [3.63, 3.8) is 0 Å². The second kappa shape index (κ2) is 9.13. The molecule has 2 aromatic heterocycles. The van der Waals surface area contributed by atoms with Gasteiger partial charge in [-0.2, -0.15) is 5.10 Å². The Morgan fingerprint density at radius 1 is 1.13 bits per heavy atom. The van der Waals surface area contributed by atoms with E-state index < -0.39 is 0 Å². The molecule has 31 heavy (non-hydrogen) atoms. The van der Waals surface area contributed by atoms with Gasteiger partial charge < -0.3 is 15.4 Å². The van der Waals surface area contributed by atoms with E-state index in [2.05, 4.69) is 36.8 Å². The molecule has 0 atom stereocenters. The first kappa shape index (κ1) is 20.1. The van der Waals surface area contributed by atoms with Crippen molar-refractivity contribution in [2.75, 3.05) is 39.4 Å². The predicted molar refractivity (Wildman–Crippen MR) is 119 cm³/mol. The maximum Gasteiger partial charge on any atom is 0.272 e. The number of morpholine rings is 1. The van der Waals surface area contributed by atoms with Crippen LogP contribution in [-0.4, -0.2) is 71.4 Å². The lowest BCUT2D eigenvalue weighted by molar-refractivity contribution is 0.0341. The SMILES string of the molecule is O=C(NC1CCNCC1)c1n[nH]c2ccc(-c3cncc(CN4CCOCC4)c3)cc12. The molecule has 8 heteroatoms. The van der Waals surface area contributed by atoms with Gasteiger partial charge in [-0.1, -0.05) is 6.07 Å². The van der Waals surface area contributed by atoms with Crippen molar-refractivity contribution in [1.82, 2.24) is 30.7 Å². The summed E-state index contributed by atoms with van der Waals surface area (Å²) in [6.45, 7) is 6.19. The molecule has 1 amide bonds. The summed E-state index contributed by atoms with van der Waals surface area (Å²) in [5.41, 5.74) is 4.56. The Morgan fingerprint density at radius 3 is 2.81 bits per heavy atom. The molecule has 1 aromatic carbocycles. The van der Waals surface area contributed by atoms with E-state index in [4.69, 9.17) is 4.74 Å². The summed E-state index contributed by atoms with van der Waals surface area (Å²) in [5.74, 6) is -0.116. The van der Waals surface area contributed by atoms with Crippen LogP contribution in [0.1, 0.15) is 28.9 Å². The van der Waals surface area contributed by atoms with Gasteiger partial charge in [-0.15, -0.1) is 0 Å². The zero-order valence-corrected chi connectivity index (χ0v) is 17.6. The number of aromatic amines is 1. The van der Waals surface area contributed by atoms with Crippen molar-refractivity contribution in [3.8, 4) is 11.1 Å². The van der Waals surface area contributed by atoms with E-state index in [0.29, 0.717) is 5.69 Å². The first-order chi connectivity index (χ1) is 15.3. The largest absolute Gasteiger partial charge is 0.379 e. The maximum absolute atomic E-state index is 12.9. The molecule has 0 unspecified atom stereocenters. The minimum Gasteiger partial charge on any atom is -0.379 e. The molecule has 0 bridgehead atoms. The summed E-state index contributed by atoms with van der Waals surface area (Å²) < 4.78 is 5.44. The van der Waals surface area contributed by atoms with E-state index in [1.807, 2.05) is 30.6 Å². The molecular weight excluding hydrogens is 392 g/mol. The number of benzene rings is 1. The average molecular weight is 421 g/mol. The fourth-order valence-electron chi connectivity index (χ4n) is 4.34. The number of hydrogen-bond donors (Lipinski definition) is 3. The number of carbonyl (C=O) groups excluding carboxylic acids is 1. The first-order valence-corrected chi connectivity index (χ1v) is 11.0. The van der Waals surface area contributed by atoms with Crippen LogP contribution in [0.4, 0.5) is 0 Å². The number of piperidine rings is 1. The summed E-state index contributed by atoms with van der Waals surface area (Å²) in [5, 5.41) is 14.6. The molecule has 3 aromatic rings. The Labute approximate surface area is 181 Å². The number of pyridine rings is 1. The number of rotatable bonds is 5. The zero-order valence-electron chi connectivity index (χ0n) is 17.6. The number of nitrogens with zero attached hydrogens (tertiary/aromatic N) is 3. The number of H-pyrrole nitrogens is 1. The van der Waals surface area contributed by atoms with Gasteiger partial charge in [0.15, 0.2) is 5.69 Å². The van der Waals surface area contributed by atoms with Crippen molar-refractivity contribution in [2.45, 2.75) is 25.4 Å². The molecule has 2 aliphatic rings. The van der Waals surface area contributed by atoms with Crippen molar-refractivity contribution in [1.29, 1.82) is 0 Å². The quantitative estimate of drug-likeness (QED) is 0.584. The number of fused-ring (bicyclic) bond motifs is 1. The number of aromatic nitrogens is 3. The molecule has 5 rings (SSSR count). The summed E-state index contributed by atoms with van der Waals surface area (Å²) in [7, 11) is 0. The Bertz CT molecular complexity index is 1050. The van der Waals surface area contributed by atoms with Gasteiger partial charge in [-0.25, -0.2) is 0 Å². The van der Waals surface area contributed by atoms with Crippen LogP contribution in [0.25, 0.3) is 22.0 Å². The van der Waals surface area contributed by atoms with Crippen LogP contribution in [0.3, 0.4) is 0 Å². The number of ether oxygens (including phenoxy) is 1. The second-order valence-corrected chi connectivity index (χ2v) is 8.30. The van der Waals surface area contributed by atoms with Gasteiger partial charge in [-0.3, -0.25) is 19.8 Å². The molecule has 2 fully saturated rings. The fourth-order valence-corrected chi connectivity index (χ4v) is 4.34. The Morgan fingerprint density at radius 2 is 1.97 bits per heavy atom. The van der Waals surface area contributed by atoms with Crippen molar-refractivity contribution >= 4 is 16.8 Å². The van der Waals surface area contributed by atoms with E-state index in [-0.39, 0.29) is 11.9 Å². The summed E-state index contributed by atoms with van der Waals surface area (Å²) in [6, 6.07) is 8.44. The topological polar surface area (TPSA) is 95.2 Å².